The second-order valence-corrected chi connectivity index (χ2v) is 12.0. The van der Waals surface area contributed by atoms with E-state index < -0.39 is 0 Å². The summed E-state index contributed by atoms with van der Waals surface area (Å²) in [7, 11) is 0. The van der Waals surface area contributed by atoms with Gasteiger partial charge in [-0.25, -0.2) is 15.0 Å². The van der Waals surface area contributed by atoms with E-state index in [9.17, 15) is 0 Å². The molecule has 0 spiro atoms. The van der Waals surface area contributed by atoms with Gasteiger partial charge in [0, 0.05) is 43.8 Å². The van der Waals surface area contributed by atoms with Gasteiger partial charge in [0.05, 0.1) is 0 Å². The van der Waals surface area contributed by atoms with Gasteiger partial charge < -0.3 is 8.83 Å². The van der Waals surface area contributed by atoms with E-state index in [1.165, 1.54) is 5.39 Å². The van der Waals surface area contributed by atoms with Gasteiger partial charge in [-0.3, -0.25) is 0 Å². The maximum atomic E-state index is 6.57. The Balaban J connectivity index is 1.24. The normalized spacial score (nSPS) is 11.8. The second-order valence-electron chi connectivity index (χ2n) is 12.0. The third kappa shape index (κ3) is 4.22. The van der Waals surface area contributed by atoms with Crippen LogP contribution in [-0.4, -0.2) is 15.0 Å². The smallest absolute Gasteiger partial charge is 0.164 e. The SMILES string of the molecule is c1ccc(-c2nc(-c3ccc4c(c3)oc3ccccc34)nc(-c3cc(-c4cccc5ccccc45)c4oc5ccccc5c4c3)n2)cc1. The van der Waals surface area contributed by atoms with Gasteiger partial charge in [-0.15, -0.1) is 0 Å². The number of fused-ring (bicyclic) bond motifs is 7. The molecule has 0 radical (unpaired) electrons. The Bertz CT molecular complexity index is 2840. The van der Waals surface area contributed by atoms with Crippen molar-refractivity contribution in [3.63, 3.8) is 0 Å². The van der Waals surface area contributed by atoms with E-state index in [-0.39, 0.29) is 0 Å². The van der Waals surface area contributed by atoms with Crippen LogP contribution < -0.4 is 0 Å². The molecule has 7 aromatic carbocycles. The molecular formula is C43H25N3O2. The number of rotatable bonds is 4. The van der Waals surface area contributed by atoms with Crippen molar-refractivity contribution >= 4 is 54.6 Å². The largest absolute Gasteiger partial charge is 0.456 e. The molecule has 0 atom stereocenters. The third-order valence-electron chi connectivity index (χ3n) is 9.12. The Labute approximate surface area is 274 Å². The zero-order valence-electron chi connectivity index (χ0n) is 25.6. The van der Waals surface area contributed by atoms with Crippen molar-refractivity contribution in [1.29, 1.82) is 0 Å². The zero-order valence-corrected chi connectivity index (χ0v) is 25.6. The van der Waals surface area contributed by atoms with Crippen molar-refractivity contribution in [2.45, 2.75) is 0 Å². The van der Waals surface area contributed by atoms with E-state index in [1.54, 1.807) is 0 Å². The first-order chi connectivity index (χ1) is 23.8. The van der Waals surface area contributed by atoms with Gasteiger partial charge in [0.15, 0.2) is 17.5 Å². The predicted molar refractivity (Wildman–Crippen MR) is 194 cm³/mol. The van der Waals surface area contributed by atoms with E-state index in [0.717, 1.165) is 77.1 Å². The highest BCUT2D eigenvalue weighted by atomic mass is 16.3. The lowest BCUT2D eigenvalue weighted by molar-refractivity contribution is 0.669. The lowest BCUT2D eigenvalue weighted by atomic mass is 9.94. The summed E-state index contributed by atoms with van der Waals surface area (Å²) in [5.74, 6) is 1.76. The van der Waals surface area contributed by atoms with Crippen LogP contribution in [-0.2, 0) is 0 Å². The van der Waals surface area contributed by atoms with E-state index >= 15 is 0 Å². The van der Waals surface area contributed by atoms with Gasteiger partial charge >= 0.3 is 0 Å². The van der Waals surface area contributed by atoms with Crippen LogP contribution in [0.5, 0.6) is 0 Å². The zero-order chi connectivity index (χ0) is 31.6. The van der Waals surface area contributed by atoms with Crippen LogP contribution in [0.25, 0.3) is 99.9 Å². The molecule has 0 unspecified atom stereocenters. The minimum Gasteiger partial charge on any atom is -0.456 e. The summed E-state index contributed by atoms with van der Waals surface area (Å²) in [5, 5.41) is 6.52. The Kier molecular flexibility index (Phi) is 5.81. The molecule has 0 aliphatic carbocycles. The Morgan fingerprint density at radius 3 is 1.75 bits per heavy atom. The lowest BCUT2D eigenvalue weighted by Crippen LogP contribution is -2.00. The van der Waals surface area contributed by atoms with Crippen LogP contribution in [0, 0.1) is 0 Å². The maximum Gasteiger partial charge on any atom is 0.164 e. The number of para-hydroxylation sites is 2. The fourth-order valence-electron chi connectivity index (χ4n) is 6.83. The fourth-order valence-corrected chi connectivity index (χ4v) is 6.83. The topological polar surface area (TPSA) is 65.0 Å². The Morgan fingerprint density at radius 1 is 0.333 bits per heavy atom. The summed E-state index contributed by atoms with van der Waals surface area (Å²) in [6, 6.07) is 51.6. The third-order valence-corrected chi connectivity index (χ3v) is 9.12. The lowest BCUT2D eigenvalue weighted by Gasteiger charge is -2.12. The van der Waals surface area contributed by atoms with Crippen molar-refractivity contribution in [1.82, 2.24) is 15.0 Å². The van der Waals surface area contributed by atoms with Crippen molar-refractivity contribution in [2.75, 3.05) is 0 Å². The molecule has 0 bridgehead atoms. The molecule has 5 heteroatoms. The monoisotopic (exact) mass is 615 g/mol. The van der Waals surface area contributed by atoms with Gasteiger partial charge in [-0.2, -0.15) is 0 Å². The maximum absolute atomic E-state index is 6.57. The van der Waals surface area contributed by atoms with Crippen molar-refractivity contribution in [3.8, 4) is 45.3 Å². The van der Waals surface area contributed by atoms with Crippen LogP contribution in [0.2, 0.25) is 0 Å². The molecule has 0 N–H and O–H groups in total. The molecule has 48 heavy (non-hydrogen) atoms. The quantitative estimate of drug-likeness (QED) is 0.197. The average molecular weight is 616 g/mol. The van der Waals surface area contributed by atoms with Crippen LogP contribution in [0.15, 0.2) is 160 Å². The highest BCUT2D eigenvalue weighted by Gasteiger charge is 2.20. The fraction of sp³-hybridized carbons (Fsp3) is 0. The first-order valence-corrected chi connectivity index (χ1v) is 15.9. The molecule has 0 saturated carbocycles. The van der Waals surface area contributed by atoms with Gasteiger partial charge in [-0.1, -0.05) is 115 Å². The summed E-state index contributed by atoms with van der Waals surface area (Å²) in [4.78, 5) is 15.2. The summed E-state index contributed by atoms with van der Waals surface area (Å²) < 4.78 is 12.8. The minimum absolute atomic E-state index is 0.574. The summed E-state index contributed by atoms with van der Waals surface area (Å²) in [6.07, 6.45) is 0. The van der Waals surface area contributed by atoms with E-state index in [1.807, 2.05) is 72.8 Å². The molecule has 10 aromatic rings. The summed E-state index contributed by atoms with van der Waals surface area (Å²) in [5.41, 5.74) is 8.05. The molecule has 3 aromatic heterocycles. The molecule has 5 nitrogen and oxygen atoms in total. The standard InChI is InChI=1S/C43H25N3O2/c1-2-12-27(13-3-1)41-44-42(28-21-22-34-32-16-6-8-19-37(32)47-39(34)25-28)46-43(45-41)29-23-35(31-18-10-14-26-11-4-5-15-30(26)31)40-36(24-29)33-17-7-9-20-38(33)48-40/h1-25H. The van der Waals surface area contributed by atoms with E-state index in [2.05, 4.69) is 78.9 Å². The van der Waals surface area contributed by atoms with Gasteiger partial charge in [0.2, 0.25) is 0 Å². The first-order valence-electron chi connectivity index (χ1n) is 15.9. The number of aromatic nitrogens is 3. The average Bonchev–Trinajstić information content (AvgIpc) is 3.72. The van der Waals surface area contributed by atoms with Gasteiger partial charge in [0.25, 0.3) is 0 Å². The molecule has 0 saturated heterocycles. The van der Waals surface area contributed by atoms with Crippen LogP contribution in [0.1, 0.15) is 0 Å². The molecule has 0 fully saturated rings. The molecule has 3 heterocycles. The number of nitrogens with zero attached hydrogens (tertiary/aromatic N) is 3. The number of benzene rings is 7. The second kappa shape index (κ2) is 10.5. The van der Waals surface area contributed by atoms with Gasteiger partial charge in [-0.05, 0) is 52.7 Å². The number of hydrogen-bond acceptors (Lipinski definition) is 5. The number of hydrogen-bond donors (Lipinski definition) is 0. The predicted octanol–water partition coefficient (Wildman–Crippen LogP) is 11.5. The summed E-state index contributed by atoms with van der Waals surface area (Å²) >= 11 is 0. The Morgan fingerprint density at radius 2 is 0.938 bits per heavy atom. The van der Waals surface area contributed by atoms with Crippen LogP contribution in [0.4, 0.5) is 0 Å². The van der Waals surface area contributed by atoms with Crippen molar-refractivity contribution in [3.05, 3.63) is 152 Å². The minimum atomic E-state index is 0.574. The molecule has 0 amide bonds. The summed E-state index contributed by atoms with van der Waals surface area (Å²) in [6.45, 7) is 0. The molecule has 0 aliphatic rings. The van der Waals surface area contributed by atoms with Crippen molar-refractivity contribution in [2.24, 2.45) is 0 Å². The first kappa shape index (κ1) is 26.6. The van der Waals surface area contributed by atoms with E-state index in [4.69, 9.17) is 23.8 Å². The van der Waals surface area contributed by atoms with Gasteiger partial charge in [0.1, 0.15) is 22.3 Å². The molecule has 10 rings (SSSR count). The number of furan rings is 2. The van der Waals surface area contributed by atoms with Crippen molar-refractivity contribution < 1.29 is 8.83 Å². The van der Waals surface area contributed by atoms with E-state index in [0.29, 0.717) is 17.5 Å². The molecule has 224 valence electrons. The Hall–Kier alpha value is -6.59. The highest BCUT2D eigenvalue weighted by Crippen LogP contribution is 2.41. The molecule has 0 aliphatic heterocycles. The highest BCUT2D eigenvalue weighted by molar-refractivity contribution is 6.13. The van der Waals surface area contributed by atoms with Crippen LogP contribution in [0.3, 0.4) is 0 Å². The van der Waals surface area contributed by atoms with Crippen LogP contribution >= 0.6 is 0 Å². The molecular weight excluding hydrogens is 590 g/mol.